The summed E-state index contributed by atoms with van der Waals surface area (Å²) >= 11 is 6.08. The van der Waals surface area contributed by atoms with Crippen molar-refractivity contribution in [2.45, 2.75) is 6.42 Å². The first-order chi connectivity index (χ1) is 8.72. The minimum atomic E-state index is 0.296. The van der Waals surface area contributed by atoms with Gasteiger partial charge in [-0.2, -0.15) is 0 Å². The van der Waals surface area contributed by atoms with Gasteiger partial charge in [0.15, 0.2) is 0 Å². The van der Waals surface area contributed by atoms with Gasteiger partial charge in [0.05, 0.1) is 12.3 Å². The van der Waals surface area contributed by atoms with Crippen LogP contribution in [0.4, 0.5) is 5.82 Å². The highest BCUT2D eigenvalue weighted by molar-refractivity contribution is 6.35. The molecule has 1 aromatic carbocycles. The van der Waals surface area contributed by atoms with Crippen molar-refractivity contribution in [3.05, 3.63) is 41.2 Å². The van der Waals surface area contributed by atoms with Gasteiger partial charge in [-0.1, -0.05) is 35.9 Å². The molecule has 94 valence electrons. The molecule has 0 fully saturated rings. The van der Waals surface area contributed by atoms with E-state index in [1.165, 1.54) is 11.9 Å². The van der Waals surface area contributed by atoms with E-state index in [4.69, 9.17) is 22.1 Å². The summed E-state index contributed by atoms with van der Waals surface area (Å²) in [6.07, 6.45) is 2.30. The molecule has 0 bridgehead atoms. The van der Waals surface area contributed by atoms with Crippen LogP contribution in [0.3, 0.4) is 0 Å². The first kappa shape index (κ1) is 12.8. The van der Waals surface area contributed by atoms with Crippen LogP contribution in [0, 0.1) is 0 Å². The average Bonchev–Trinajstić information content (AvgIpc) is 2.40. The summed E-state index contributed by atoms with van der Waals surface area (Å²) in [4.78, 5) is 7.99. The van der Waals surface area contributed by atoms with Crippen LogP contribution in [0.15, 0.2) is 30.6 Å². The topological polar surface area (TPSA) is 61.0 Å². The Bertz CT molecular complexity index is 528. The fourth-order valence-corrected chi connectivity index (χ4v) is 1.84. The smallest absolute Gasteiger partial charge is 0.146 e. The number of nitrogens with two attached hydrogens (primary N) is 1. The number of aromatic nitrogens is 2. The van der Waals surface area contributed by atoms with E-state index < -0.39 is 0 Å². The maximum Gasteiger partial charge on any atom is 0.146 e. The lowest BCUT2D eigenvalue weighted by molar-refractivity contribution is 0.202. The second kappa shape index (κ2) is 5.80. The zero-order valence-corrected chi connectivity index (χ0v) is 10.8. The van der Waals surface area contributed by atoms with Crippen molar-refractivity contribution >= 4 is 17.4 Å². The molecule has 2 aromatic rings. The highest BCUT2D eigenvalue weighted by Crippen LogP contribution is 2.28. The van der Waals surface area contributed by atoms with Gasteiger partial charge in [-0.25, -0.2) is 9.97 Å². The summed E-state index contributed by atoms with van der Waals surface area (Å²) in [6, 6.07) is 8.00. The normalized spacial score (nSPS) is 10.6. The minimum absolute atomic E-state index is 0.296. The van der Waals surface area contributed by atoms with Gasteiger partial charge in [0.1, 0.15) is 17.2 Å². The second-order valence-corrected chi connectivity index (χ2v) is 4.24. The molecule has 1 heterocycles. The Kier molecular flexibility index (Phi) is 4.12. The zero-order chi connectivity index (χ0) is 13.0. The second-order valence-electron chi connectivity index (χ2n) is 3.86. The Morgan fingerprint density at radius 1 is 1.22 bits per heavy atom. The van der Waals surface area contributed by atoms with Crippen molar-refractivity contribution in [1.29, 1.82) is 0 Å². The van der Waals surface area contributed by atoms with Crippen molar-refractivity contribution in [2.24, 2.45) is 0 Å². The third-order valence-electron chi connectivity index (χ3n) is 2.64. The van der Waals surface area contributed by atoms with E-state index in [2.05, 4.69) is 9.97 Å². The summed E-state index contributed by atoms with van der Waals surface area (Å²) < 4.78 is 5.04. The number of methoxy groups -OCH3 is 1. The fourth-order valence-electron chi connectivity index (χ4n) is 1.63. The van der Waals surface area contributed by atoms with Gasteiger partial charge >= 0.3 is 0 Å². The number of halogens is 1. The first-order valence-electron chi connectivity index (χ1n) is 5.56. The molecule has 0 unspecified atom stereocenters. The molecule has 2 N–H and O–H groups in total. The van der Waals surface area contributed by atoms with Gasteiger partial charge in [0.25, 0.3) is 0 Å². The standard InChI is InChI=1S/C13H14ClN3O/c1-18-7-6-9-2-4-10(5-3-9)12-11(14)13(15)17-8-16-12/h2-5,8H,6-7H2,1H3,(H2,15,16,17). The molecule has 5 heteroatoms. The molecule has 18 heavy (non-hydrogen) atoms. The van der Waals surface area contributed by atoms with E-state index in [1.54, 1.807) is 7.11 Å². The maximum atomic E-state index is 6.08. The van der Waals surface area contributed by atoms with Crippen molar-refractivity contribution in [1.82, 2.24) is 9.97 Å². The molecule has 0 radical (unpaired) electrons. The highest BCUT2D eigenvalue weighted by Gasteiger charge is 2.08. The van der Waals surface area contributed by atoms with Gasteiger partial charge in [-0.15, -0.1) is 0 Å². The number of rotatable bonds is 4. The quantitative estimate of drug-likeness (QED) is 0.921. The minimum Gasteiger partial charge on any atom is -0.384 e. The molecule has 0 aliphatic heterocycles. The van der Waals surface area contributed by atoms with E-state index in [-0.39, 0.29) is 0 Å². The predicted molar refractivity (Wildman–Crippen MR) is 72.5 cm³/mol. The van der Waals surface area contributed by atoms with Crippen LogP contribution in [-0.2, 0) is 11.2 Å². The van der Waals surface area contributed by atoms with Crippen LogP contribution in [0.1, 0.15) is 5.56 Å². The molecule has 0 amide bonds. The molecule has 0 saturated carbocycles. The van der Waals surface area contributed by atoms with Gasteiger partial charge in [0, 0.05) is 12.7 Å². The Balaban J connectivity index is 2.26. The van der Waals surface area contributed by atoms with E-state index in [9.17, 15) is 0 Å². The van der Waals surface area contributed by atoms with Crippen LogP contribution in [0.2, 0.25) is 5.02 Å². The van der Waals surface area contributed by atoms with E-state index in [0.717, 1.165) is 12.0 Å². The lowest BCUT2D eigenvalue weighted by Gasteiger charge is -2.06. The molecule has 0 aliphatic carbocycles. The number of nitrogens with zero attached hydrogens (tertiary/aromatic N) is 2. The monoisotopic (exact) mass is 263 g/mol. The third-order valence-corrected chi connectivity index (χ3v) is 3.01. The van der Waals surface area contributed by atoms with Crippen molar-refractivity contribution in [2.75, 3.05) is 19.5 Å². The predicted octanol–water partition coefficient (Wildman–Crippen LogP) is 2.57. The molecule has 1 aromatic heterocycles. The van der Waals surface area contributed by atoms with Crippen LogP contribution < -0.4 is 5.73 Å². The fraction of sp³-hybridized carbons (Fsp3) is 0.231. The molecule has 0 spiro atoms. The summed E-state index contributed by atoms with van der Waals surface area (Å²) in [5.74, 6) is 0.296. The molecular weight excluding hydrogens is 250 g/mol. The SMILES string of the molecule is COCCc1ccc(-c2ncnc(N)c2Cl)cc1. The number of nitrogen functional groups attached to an aromatic ring is 1. The van der Waals surface area contributed by atoms with Gasteiger partial charge in [-0.3, -0.25) is 0 Å². The van der Waals surface area contributed by atoms with E-state index in [0.29, 0.717) is 23.1 Å². The third kappa shape index (κ3) is 2.78. The van der Waals surface area contributed by atoms with Gasteiger partial charge in [-0.05, 0) is 12.0 Å². The average molecular weight is 264 g/mol. The molecule has 2 rings (SSSR count). The number of hydrogen-bond donors (Lipinski definition) is 1. The molecule has 0 aliphatic rings. The molecule has 4 nitrogen and oxygen atoms in total. The Morgan fingerprint density at radius 2 is 1.94 bits per heavy atom. The molecule has 0 saturated heterocycles. The van der Waals surface area contributed by atoms with Crippen LogP contribution in [0.5, 0.6) is 0 Å². The maximum absolute atomic E-state index is 6.08. The van der Waals surface area contributed by atoms with Crippen LogP contribution in [-0.4, -0.2) is 23.7 Å². The molecule has 0 atom stereocenters. The lowest BCUT2D eigenvalue weighted by atomic mass is 10.1. The number of ether oxygens (including phenoxy) is 1. The summed E-state index contributed by atoms with van der Waals surface area (Å²) in [5, 5.41) is 0.391. The lowest BCUT2D eigenvalue weighted by Crippen LogP contribution is -1.96. The molecular formula is C13H14ClN3O. The number of hydrogen-bond acceptors (Lipinski definition) is 4. The zero-order valence-electron chi connectivity index (χ0n) is 10.1. The first-order valence-corrected chi connectivity index (χ1v) is 5.94. The van der Waals surface area contributed by atoms with Crippen LogP contribution in [0.25, 0.3) is 11.3 Å². The number of benzene rings is 1. The Hall–Kier alpha value is -1.65. The van der Waals surface area contributed by atoms with Crippen molar-refractivity contribution in [3.63, 3.8) is 0 Å². The van der Waals surface area contributed by atoms with Gasteiger partial charge in [0.2, 0.25) is 0 Å². The number of anilines is 1. The summed E-state index contributed by atoms with van der Waals surface area (Å²) in [5.41, 5.74) is 8.44. The highest BCUT2D eigenvalue weighted by atomic mass is 35.5. The van der Waals surface area contributed by atoms with E-state index >= 15 is 0 Å². The largest absolute Gasteiger partial charge is 0.384 e. The van der Waals surface area contributed by atoms with Gasteiger partial charge < -0.3 is 10.5 Å². The summed E-state index contributed by atoms with van der Waals surface area (Å²) in [6.45, 7) is 0.709. The van der Waals surface area contributed by atoms with Crippen molar-refractivity contribution < 1.29 is 4.74 Å². The Labute approximate surface area is 111 Å². The Morgan fingerprint density at radius 3 is 2.61 bits per heavy atom. The van der Waals surface area contributed by atoms with Crippen molar-refractivity contribution in [3.8, 4) is 11.3 Å². The van der Waals surface area contributed by atoms with E-state index in [1.807, 2.05) is 24.3 Å². The summed E-state index contributed by atoms with van der Waals surface area (Å²) in [7, 11) is 1.69. The van der Waals surface area contributed by atoms with Crippen LogP contribution >= 0.6 is 11.6 Å².